The van der Waals surface area contributed by atoms with Gasteiger partial charge in [-0.15, -0.1) is 17.9 Å². The molecule has 0 saturated heterocycles. The molecule has 0 spiro atoms. The Morgan fingerprint density at radius 3 is 2.95 bits per heavy atom. The molecule has 0 radical (unpaired) electrons. The highest BCUT2D eigenvalue weighted by Gasteiger charge is 2.12. The summed E-state index contributed by atoms with van der Waals surface area (Å²) < 4.78 is 2.75. The maximum atomic E-state index is 12.5. The van der Waals surface area contributed by atoms with Crippen LogP contribution < -0.4 is 5.56 Å². The second-order valence-corrected chi connectivity index (χ2v) is 7.31. The first kappa shape index (κ1) is 15.5. The van der Waals surface area contributed by atoms with Gasteiger partial charge in [-0.25, -0.2) is 4.98 Å². The summed E-state index contributed by atoms with van der Waals surface area (Å²) in [7, 11) is 0. The van der Waals surface area contributed by atoms with Crippen LogP contribution >= 0.6 is 39.0 Å². The molecule has 0 aliphatic heterocycles. The molecule has 6 heteroatoms. The minimum absolute atomic E-state index is 0.000720. The van der Waals surface area contributed by atoms with E-state index in [-0.39, 0.29) is 5.56 Å². The van der Waals surface area contributed by atoms with E-state index in [0.717, 1.165) is 20.2 Å². The van der Waals surface area contributed by atoms with Crippen LogP contribution in [0.4, 0.5) is 0 Å². The van der Waals surface area contributed by atoms with Crippen LogP contribution in [0, 0.1) is 0 Å². The number of thiophene rings is 1. The summed E-state index contributed by atoms with van der Waals surface area (Å²) in [5.41, 5.74) is 1.18. The lowest BCUT2D eigenvalue weighted by Gasteiger charge is -2.10. The van der Waals surface area contributed by atoms with Crippen molar-refractivity contribution in [1.82, 2.24) is 9.55 Å². The van der Waals surface area contributed by atoms with Crippen molar-refractivity contribution in [3.8, 4) is 0 Å². The highest BCUT2D eigenvalue weighted by molar-refractivity contribution is 9.10. The van der Waals surface area contributed by atoms with Gasteiger partial charge in [0.15, 0.2) is 5.16 Å². The van der Waals surface area contributed by atoms with Crippen LogP contribution in [-0.4, -0.2) is 9.55 Å². The minimum Gasteiger partial charge on any atom is -0.283 e. The molecule has 0 atom stereocenters. The number of nitrogens with zero attached hydrogens (tertiary/aromatic N) is 2. The van der Waals surface area contributed by atoms with Crippen molar-refractivity contribution in [2.75, 3.05) is 0 Å². The predicted molar refractivity (Wildman–Crippen MR) is 97.8 cm³/mol. The van der Waals surface area contributed by atoms with E-state index in [1.807, 2.05) is 29.6 Å². The average Bonchev–Trinajstić information content (AvgIpc) is 2.98. The average molecular weight is 393 g/mol. The smallest absolute Gasteiger partial charge is 0.263 e. The van der Waals surface area contributed by atoms with Crippen LogP contribution in [0.15, 0.2) is 62.8 Å². The lowest BCUT2D eigenvalue weighted by molar-refractivity contribution is 0.673. The maximum absolute atomic E-state index is 12.5. The number of fused-ring (bicyclic) bond motifs is 1. The fourth-order valence-corrected chi connectivity index (χ4v) is 4.52. The van der Waals surface area contributed by atoms with Crippen LogP contribution in [0.2, 0.25) is 0 Å². The first-order chi connectivity index (χ1) is 10.7. The highest BCUT2D eigenvalue weighted by Crippen LogP contribution is 2.27. The fourth-order valence-electron chi connectivity index (χ4n) is 2.09. The molecular formula is C16H13BrN2OS2. The molecule has 112 valence electrons. The summed E-state index contributed by atoms with van der Waals surface area (Å²) in [6.07, 6.45) is 1.73. The maximum Gasteiger partial charge on any atom is 0.263 e. The first-order valence-electron chi connectivity index (χ1n) is 6.66. The van der Waals surface area contributed by atoms with Gasteiger partial charge in [0.25, 0.3) is 5.56 Å². The zero-order chi connectivity index (χ0) is 15.5. The Morgan fingerprint density at radius 1 is 1.36 bits per heavy atom. The number of aromatic nitrogens is 2. The summed E-state index contributed by atoms with van der Waals surface area (Å²) in [6.45, 7) is 4.20. The van der Waals surface area contributed by atoms with E-state index >= 15 is 0 Å². The first-order valence-corrected chi connectivity index (χ1v) is 9.31. The number of rotatable bonds is 5. The zero-order valence-electron chi connectivity index (χ0n) is 11.7. The van der Waals surface area contributed by atoms with E-state index in [1.165, 1.54) is 16.9 Å². The normalized spacial score (nSPS) is 11.0. The van der Waals surface area contributed by atoms with E-state index in [9.17, 15) is 4.79 Å². The molecule has 2 heterocycles. The Morgan fingerprint density at radius 2 is 2.18 bits per heavy atom. The Kier molecular flexibility index (Phi) is 4.81. The monoisotopic (exact) mass is 392 g/mol. The van der Waals surface area contributed by atoms with E-state index < -0.39 is 0 Å². The third kappa shape index (κ3) is 3.04. The second-order valence-electron chi connectivity index (χ2n) is 4.62. The summed E-state index contributed by atoms with van der Waals surface area (Å²) in [5, 5.41) is 3.31. The molecular weight excluding hydrogens is 380 g/mol. The van der Waals surface area contributed by atoms with Gasteiger partial charge in [-0.2, -0.15) is 0 Å². The van der Waals surface area contributed by atoms with Crippen LogP contribution in [0.1, 0.15) is 5.56 Å². The van der Waals surface area contributed by atoms with Crippen LogP contribution in [0.25, 0.3) is 10.2 Å². The topological polar surface area (TPSA) is 34.9 Å². The third-order valence-electron chi connectivity index (χ3n) is 3.17. The van der Waals surface area contributed by atoms with Crippen LogP contribution in [0.5, 0.6) is 0 Å². The number of hydrogen-bond donors (Lipinski definition) is 0. The zero-order valence-corrected chi connectivity index (χ0v) is 14.9. The highest BCUT2D eigenvalue weighted by atomic mass is 79.9. The van der Waals surface area contributed by atoms with E-state index in [4.69, 9.17) is 0 Å². The molecule has 0 N–H and O–H groups in total. The van der Waals surface area contributed by atoms with E-state index in [0.29, 0.717) is 11.9 Å². The standard InChI is InChI=1S/C16H13BrN2OS2/c1-2-8-19-15(20)12-7-9-21-14(12)18-16(19)22-10-11-5-3-4-6-13(11)17/h2-7,9H,1,8,10H2. The molecule has 2 aromatic heterocycles. The Hall–Kier alpha value is -1.37. The van der Waals surface area contributed by atoms with Gasteiger partial charge in [-0.05, 0) is 23.1 Å². The number of halogens is 1. The molecule has 0 fully saturated rings. The van der Waals surface area contributed by atoms with Gasteiger partial charge in [0, 0.05) is 16.8 Å². The van der Waals surface area contributed by atoms with Crippen molar-refractivity contribution in [3.05, 3.63) is 68.8 Å². The van der Waals surface area contributed by atoms with E-state index in [1.54, 1.807) is 22.4 Å². The number of hydrogen-bond acceptors (Lipinski definition) is 4. The van der Waals surface area contributed by atoms with Gasteiger partial charge in [0.1, 0.15) is 4.83 Å². The predicted octanol–water partition coefficient (Wildman–Crippen LogP) is 4.70. The van der Waals surface area contributed by atoms with Crippen molar-refractivity contribution in [3.63, 3.8) is 0 Å². The molecule has 1 aromatic carbocycles. The molecule has 0 aliphatic carbocycles. The Labute approximate surface area is 144 Å². The summed E-state index contributed by atoms with van der Waals surface area (Å²) in [6, 6.07) is 9.91. The van der Waals surface area contributed by atoms with Gasteiger partial charge in [0.2, 0.25) is 0 Å². The second kappa shape index (κ2) is 6.81. The van der Waals surface area contributed by atoms with Gasteiger partial charge >= 0.3 is 0 Å². The fraction of sp³-hybridized carbons (Fsp3) is 0.125. The lowest BCUT2D eigenvalue weighted by atomic mass is 10.2. The van der Waals surface area contributed by atoms with Crippen molar-refractivity contribution < 1.29 is 0 Å². The van der Waals surface area contributed by atoms with Gasteiger partial charge in [-0.3, -0.25) is 9.36 Å². The quantitative estimate of drug-likeness (QED) is 0.358. The summed E-state index contributed by atoms with van der Waals surface area (Å²) >= 11 is 6.61. The van der Waals surface area contributed by atoms with Crippen molar-refractivity contribution >= 4 is 49.2 Å². The largest absolute Gasteiger partial charge is 0.283 e. The number of thioether (sulfide) groups is 1. The molecule has 0 aliphatic rings. The Balaban J connectivity index is 1.98. The molecule has 0 saturated carbocycles. The van der Waals surface area contributed by atoms with Crippen molar-refractivity contribution in [1.29, 1.82) is 0 Å². The van der Waals surface area contributed by atoms with Gasteiger partial charge in [0.05, 0.1) is 5.39 Å². The van der Waals surface area contributed by atoms with Crippen molar-refractivity contribution in [2.45, 2.75) is 17.5 Å². The summed E-state index contributed by atoms with van der Waals surface area (Å²) in [4.78, 5) is 18.0. The van der Waals surface area contributed by atoms with Crippen molar-refractivity contribution in [2.24, 2.45) is 0 Å². The number of benzene rings is 1. The SMILES string of the molecule is C=CCn1c(SCc2ccccc2Br)nc2sccc2c1=O. The molecule has 0 bridgehead atoms. The third-order valence-corrected chi connectivity index (χ3v) is 5.78. The molecule has 3 aromatic rings. The van der Waals surface area contributed by atoms with E-state index in [2.05, 4.69) is 33.6 Å². The van der Waals surface area contributed by atoms with Gasteiger partial charge in [-0.1, -0.05) is 52.0 Å². The summed E-state index contributed by atoms with van der Waals surface area (Å²) in [5.74, 6) is 0.752. The molecule has 0 amide bonds. The van der Waals surface area contributed by atoms with Crippen LogP contribution in [-0.2, 0) is 12.3 Å². The Bertz CT molecular complexity index is 885. The molecule has 0 unspecified atom stereocenters. The van der Waals surface area contributed by atoms with Gasteiger partial charge < -0.3 is 0 Å². The minimum atomic E-state index is 0.000720. The molecule has 3 nitrogen and oxygen atoms in total. The lowest BCUT2D eigenvalue weighted by Crippen LogP contribution is -2.22. The molecule has 3 rings (SSSR count). The van der Waals surface area contributed by atoms with Crippen LogP contribution in [0.3, 0.4) is 0 Å². The number of allylic oxidation sites excluding steroid dienone is 1. The molecule has 22 heavy (non-hydrogen) atoms.